The minimum absolute atomic E-state index is 0.0803. The number of methoxy groups -OCH3 is 1. The van der Waals surface area contributed by atoms with Crippen LogP contribution in [0, 0.1) is 0 Å². The number of rotatable bonds is 5. The van der Waals surface area contributed by atoms with E-state index in [0.717, 1.165) is 5.03 Å². The lowest BCUT2D eigenvalue weighted by atomic mass is 10.1. The second-order valence-corrected chi connectivity index (χ2v) is 7.82. The molecule has 0 radical (unpaired) electrons. The molecule has 2 aromatic heterocycles. The fourth-order valence-corrected chi connectivity index (χ4v) is 3.73. The van der Waals surface area contributed by atoms with Crippen LogP contribution in [-0.4, -0.2) is 48.3 Å². The van der Waals surface area contributed by atoms with Gasteiger partial charge in [0.15, 0.2) is 0 Å². The van der Waals surface area contributed by atoms with Crippen LogP contribution < -0.4 is 15.0 Å². The fourth-order valence-electron chi connectivity index (χ4n) is 3.09. The van der Waals surface area contributed by atoms with Crippen molar-refractivity contribution in [3.8, 4) is 5.88 Å². The SMILES string of the molecule is COc1nc(N2CCCC(F)(F)CC2)c(C(=O)Nc2ccnc(SC)c2)cc1Cl. The predicted molar refractivity (Wildman–Crippen MR) is 111 cm³/mol. The third-order valence-electron chi connectivity index (χ3n) is 4.58. The quantitative estimate of drug-likeness (QED) is 0.675. The molecule has 0 aromatic carbocycles. The van der Waals surface area contributed by atoms with Crippen LogP contribution in [0.5, 0.6) is 5.88 Å². The molecule has 1 saturated heterocycles. The van der Waals surface area contributed by atoms with Crippen molar-refractivity contribution in [1.82, 2.24) is 9.97 Å². The van der Waals surface area contributed by atoms with Gasteiger partial charge in [0.1, 0.15) is 10.8 Å². The molecule has 1 aliphatic heterocycles. The number of hydrogen-bond donors (Lipinski definition) is 1. The number of hydrogen-bond acceptors (Lipinski definition) is 6. The number of anilines is 2. The standard InChI is InChI=1S/C19H21ClF2N4O2S/c1-28-18-14(20)11-13(17(27)24-12-4-7-23-15(10-12)29-2)16(25-18)26-8-3-5-19(21,22)6-9-26/h4,7,10-11H,3,5-6,8-9H2,1-2H3,(H,23,24,27). The number of ether oxygens (including phenoxy) is 1. The molecule has 0 atom stereocenters. The minimum Gasteiger partial charge on any atom is -0.480 e. The van der Waals surface area contributed by atoms with E-state index < -0.39 is 11.8 Å². The van der Waals surface area contributed by atoms with E-state index >= 15 is 0 Å². The van der Waals surface area contributed by atoms with Crippen molar-refractivity contribution in [3.05, 3.63) is 35.0 Å². The summed E-state index contributed by atoms with van der Waals surface area (Å²) in [6, 6.07) is 4.87. The molecular weight excluding hydrogens is 422 g/mol. The van der Waals surface area contributed by atoms with Crippen molar-refractivity contribution in [2.24, 2.45) is 0 Å². The third-order valence-corrected chi connectivity index (χ3v) is 5.49. The number of amides is 1. The van der Waals surface area contributed by atoms with E-state index in [1.165, 1.54) is 24.9 Å². The Kier molecular flexibility index (Phi) is 6.79. The van der Waals surface area contributed by atoms with Crippen LogP contribution in [0.25, 0.3) is 0 Å². The Morgan fingerprint density at radius 3 is 2.86 bits per heavy atom. The number of thioether (sulfide) groups is 1. The maximum Gasteiger partial charge on any atom is 0.259 e. The molecule has 3 rings (SSSR count). The van der Waals surface area contributed by atoms with Crippen LogP contribution in [0.15, 0.2) is 29.4 Å². The second-order valence-electron chi connectivity index (χ2n) is 6.59. The van der Waals surface area contributed by atoms with E-state index in [-0.39, 0.29) is 41.7 Å². The van der Waals surface area contributed by atoms with Gasteiger partial charge in [0, 0.05) is 37.8 Å². The molecule has 156 valence electrons. The molecule has 0 bridgehead atoms. The van der Waals surface area contributed by atoms with Crippen LogP contribution in [0.2, 0.25) is 5.02 Å². The Balaban J connectivity index is 1.94. The van der Waals surface area contributed by atoms with Crippen LogP contribution in [0.1, 0.15) is 29.6 Å². The van der Waals surface area contributed by atoms with Gasteiger partial charge in [-0.3, -0.25) is 4.79 Å². The number of nitrogens with one attached hydrogen (secondary N) is 1. The molecule has 1 aliphatic rings. The molecule has 1 N–H and O–H groups in total. The van der Waals surface area contributed by atoms with E-state index in [1.54, 1.807) is 23.2 Å². The summed E-state index contributed by atoms with van der Waals surface area (Å²) >= 11 is 7.64. The minimum atomic E-state index is -2.72. The van der Waals surface area contributed by atoms with Crippen molar-refractivity contribution < 1.29 is 18.3 Å². The molecule has 0 aliphatic carbocycles. The summed E-state index contributed by atoms with van der Waals surface area (Å²) in [6.07, 6.45) is 3.28. The lowest BCUT2D eigenvalue weighted by Crippen LogP contribution is -2.29. The first-order valence-electron chi connectivity index (χ1n) is 9.01. The van der Waals surface area contributed by atoms with Crippen molar-refractivity contribution >= 4 is 40.8 Å². The van der Waals surface area contributed by atoms with Gasteiger partial charge >= 0.3 is 0 Å². The number of nitrogens with zero attached hydrogens (tertiary/aromatic N) is 3. The number of alkyl halides is 2. The summed E-state index contributed by atoms with van der Waals surface area (Å²) in [5.74, 6) is -2.74. The van der Waals surface area contributed by atoms with Crippen LogP contribution in [0.3, 0.4) is 0 Å². The fraction of sp³-hybridized carbons (Fsp3) is 0.421. The van der Waals surface area contributed by atoms with Gasteiger partial charge in [-0.25, -0.2) is 13.8 Å². The first-order valence-corrected chi connectivity index (χ1v) is 10.6. The van der Waals surface area contributed by atoms with E-state index in [1.807, 2.05) is 6.26 Å². The maximum absolute atomic E-state index is 13.8. The zero-order valence-electron chi connectivity index (χ0n) is 16.0. The molecule has 0 unspecified atom stereocenters. The molecule has 1 amide bonds. The highest BCUT2D eigenvalue weighted by molar-refractivity contribution is 7.98. The average molecular weight is 443 g/mol. The van der Waals surface area contributed by atoms with Crippen LogP contribution in [-0.2, 0) is 0 Å². The van der Waals surface area contributed by atoms with Gasteiger partial charge in [-0.2, -0.15) is 4.98 Å². The largest absolute Gasteiger partial charge is 0.480 e. The third kappa shape index (κ3) is 5.27. The molecule has 0 saturated carbocycles. The topological polar surface area (TPSA) is 67.3 Å². The van der Waals surface area contributed by atoms with Gasteiger partial charge in [0.05, 0.1) is 17.7 Å². The van der Waals surface area contributed by atoms with Crippen LogP contribution >= 0.6 is 23.4 Å². The van der Waals surface area contributed by atoms with Crippen molar-refractivity contribution in [2.45, 2.75) is 30.2 Å². The van der Waals surface area contributed by atoms with Crippen molar-refractivity contribution in [1.29, 1.82) is 0 Å². The first-order chi connectivity index (χ1) is 13.8. The number of aromatic nitrogens is 2. The highest BCUT2D eigenvalue weighted by Gasteiger charge is 2.33. The normalized spacial score (nSPS) is 16.2. The van der Waals surface area contributed by atoms with Crippen LogP contribution in [0.4, 0.5) is 20.3 Å². The number of pyridine rings is 2. The second kappa shape index (κ2) is 9.13. The van der Waals surface area contributed by atoms with Crippen molar-refractivity contribution in [3.63, 3.8) is 0 Å². The van der Waals surface area contributed by atoms with Gasteiger partial charge in [-0.15, -0.1) is 11.8 Å². The smallest absolute Gasteiger partial charge is 0.259 e. The lowest BCUT2D eigenvalue weighted by molar-refractivity contribution is -0.0102. The summed E-state index contributed by atoms with van der Waals surface area (Å²) in [5.41, 5.74) is 0.762. The molecule has 0 spiro atoms. The summed E-state index contributed by atoms with van der Waals surface area (Å²) in [7, 11) is 1.41. The van der Waals surface area contributed by atoms with Gasteiger partial charge in [-0.05, 0) is 30.9 Å². The Morgan fingerprint density at radius 1 is 1.34 bits per heavy atom. The zero-order chi connectivity index (χ0) is 21.0. The zero-order valence-corrected chi connectivity index (χ0v) is 17.6. The molecule has 3 heterocycles. The number of carbonyl (C=O) groups excluding carboxylic acids is 1. The molecule has 6 nitrogen and oxygen atoms in total. The number of halogens is 3. The van der Waals surface area contributed by atoms with Gasteiger partial charge in [0.2, 0.25) is 11.8 Å². The predicted octanol–water partition coefficient (Wildman–Crippen LogP) is 4.74. The Bertz CT molecular complexity index is 901. The lowest BCUT2D eigenvalue weighted by Gasteiger charge is -2.24. The van der Waals surface area contributed by atoms with E-state index in [9.17, 15) is 13.6 Å². The molecular formula is C19H21ClF2N4O2S. The monoisotopic (exact) mass is 442 g/mol. The highest BCUT2D eigenvalue weighted by Crippen LogP contribution is 2.34. The van der Waals surface area contributed by atoms with E-state index in [4.69, 9.17) is 16.3 Å². The average Bonchev–Trinajstić information content (AvgIpc) is 2.88. The molecule has 29 heavy (non-hydrogen) atoms. The Hall–Kier alpha value is -2.13. The summed E-state index contributed by atoms with van der Waals surface area (Å²) < 4.78 is 32.8. The number of carbonyl (C=O) groups is 1. The first kappa shape index (κ1) is 21.6. The highest BCUT2D eigenvalue weighted by atomic mass is 35.5. The molecule has 2 aromatic rings. The van der Waals surface area contributed by atoms with Gasteiger partial charge < -0.3 is 15.0 Å². The summed E-state index contributed by atoms with van der Waals surface area (Å²) in [4.78, 5) is 23.2. The Morgan fingerprint density at radius 2 is 2.14 bits per heavy atom. The van der Waals surface area contributed by atoms with Gasteiger partial charge in [-0.1, -0.05) is 11.6 Å². The van der Waals surface area contributed by atoms with Crippen molar-refractivity contribution in [2.75, 3.05) is 36.7 Å². The summed E-state index contributed by atoms with van der Waals surface area (Å²) in [5, 5.41) is 3.72. The summed E-state index contributed by atoms with van der Waals surface area (Å²) in [6.45, 7) is 0.441. The van der Waals surface area contributed by atoms with Gasteiger partial charge in [0.25, 0.3) is 5.91 Å². The maximum atomic E-state index is 13.8. The molecule has 1 fully saturated rings. The Labute approximate surface area is 177 Å². The van der Waals surface area contributed by atoms with E-state index in [2.05, 4.69) is 15.3 Å². The van der Waals surface area contributed by atoms with E-state index in [0.29, 0.717) is 18.7 Å². The molecule has 10 heteroatoms.